The molecule has 1 amide bonds. The number of aromatic nitrogens is 3. The monoisotopic (exact) mass is 551 g/mol. The molecular formula is C23H21ClF7N5O. The molecule has 0 bridgehead atoms. The molecule has 3 aromatic rings. The zero-order chi connectivity index (χ0) is 26.2. The highest BCUT2D eigenvalue weighted by Gasteiger charge is 2.43. The van der Waals surface area contributed by atoms with E-state index in [4.69, 9.17) is 5.73 Å². The maximum absolute atomic E-state index is 14.0. The first kappa shape index (κ1) is 28.4. The molecule has 0 aliphatic carbocycles. The Morgan fingerprint density at radius 1 is 1.00 bits per heavy atom. The predicted molar refractivity (Wildman–Crippen MR) is 119 cm³/mol. The molecule has 0 fully saturated rings. The smallest absolute Gasteiger partial charge is 0.330 e. The van der Waals surface area contributed by atoms with Gasteiger partial charge in [-0.2, -0.15) is 13.2 Å². The number of carbonyl (C=O) groups excluding carboxylic acids is 1. The Labute approximate surface area is 212 Å². The average molecular weight is 552 g/mol. The molecule has 1 aromatic heterocycles. The lowest BCUT2D eigenvalue weighted by Crippen LogP contribution is -2.45. The van der Waals surface area contributed by atoms with Gasteiger partial charge in [-0.3, -0.25) is 4.79 Å². The van der Waals surface area contributed by atoms with Gasteiger partial charge in [0.25, 0.3) is 0 Å². The molecule has 2 atom stereocenters. The van der Waals surface area contributed by atoms with Crippen molar-refractivity contribution >= 4 is 18.3 Å². The maximum atomic E-state index is 14.0. The van der Waals surface area contributed by atoms with Crippen molar-refractivity contribution in [3.63, 3.8) is 0 Å². The summed E-state index contributed by atoms with van der Waals surface area (Å²) in [5, 5.41) is 6.96. The van der Waals surface area contributed by atoms with Crippen molar-refractivity contribution < 1.29 is 35.5 Å². The minimum atomic E-state index is -4.76. The van der Waals surface area contributed by atoms with Crippen molar-refractivity contribution in [2.24, 2.45) is 5.73 Å². The SMILES string of the molecule is Cl.N[C@@H](CC(=O)N1CCn2c(nnc2C(F)(F)F)C1Cc1ccc(F)cc1)Cc1cc(F)c(F)cc1F. The first-order valence-electron chi connectivity index (χ1n) is 10.9. The van der Waals surface area contributed by atoms with Gasteiger partial charge in [-0.05, 0) is 35.7 Å². The molecule has 6 nitrogen and oxygen atoms in total. The summed E-state index contributed by atoms with van der Waals surface area (Å²) in [7, 11) is 0. The van der Waals surface area contributed by atoms with Gasteiger partial charge >= 0.3 is 6.18 Å². The number of nitrogens with two attached hydrogens (primary N) is 1. The highest BCUT2D eigenvalue weighted by Crippen LogP contribution is 2.34. The van der Waals surface area contributed by atoms with Crippen LogP contribution in [0.15, 0.2) is 36.4 Å². The summed E-state index contributed by atoms with van der Waals surface area (Å²) >= 11 is 0. The van der Waals surface area contributed by atoms with E-state index in [1.54, 1.807) is 0 Å². The minimum Gasteiger partial charge on any atom is -0.330 e. The van der Waals surface area contributed by atoms with E-state index in [0.29, 0.717) is 17.7 Å². The summed E-state index contributed by atoms with van der Waals surface area (Å²) in [6, 6.07) is 4.33. The highest BCUT2D eigenvalue weighted by molar-refractivity contribution is 5.85. The predicted octanol–water partition coefficient (Wildman–Crippen LogP) is 4.36. The quantitative estimate of drug-likeness (QED) is 0.365. The summed E-state index contributed by atoms with van der Waals surface area (Å²) < 4.78 is 95.1. The number of hydrogen-bond acceptors (Lipinski definition) is 4. The number of alkyl halides is 3. The zero-order valence-corrected chi connectivity index (χ0v) is 19.8. The fourth-order valence-corrected chi connectivity index (χ4v) is 4.25. The van der Waals surface area contributed by atoms with Gasteiger partial charge in [0.2, 0.25) is 11.7 Å². The normalized spacial score (nSPS) is 16.2. The fraction of sp³-hybridized carbons (Fsp3) is 0.348. The number of benzene rings is 2. The molecule has 2 heterocycles. The van der Waals surface area contributed by atoms with Gasteiger partial charge in [-0.25, -0.2) is 17.6 Å². The Balaban J connectivity index is 0.00000380. The Morgan fingerprint density at radius 2 is 1.65 bits per heavy atom. The van der Waals surface area contributed by atoms with E-state index in [0.717, 1.165) is 4.57 Å². The van der Waals surface area contributed by atoms with Gasteiger partial charge in [-0.15, -0.1) is 22.6 Å². The molecule has 37 heavy (non-hydrogen) atoms. The molecule has 14 heteroatoms. The molecule has 2 N–H and O–H groups in total. The molecule has 0 spiro atoms. The number of hydrogen-bond donors (Lipinski definition) is 1. The first-order valence-corrected chi connectivity index (χ1v) is 10.9. The van der Waals surface area contributed by atoms with E-state index < -0.39 is 53.3 Å². The van der Waals surface area contributed by atoms with Gasteiger partial charge in [0, 0.05) is 38.0 Å². The summed E-state index contributed by atoms with van der Waals surface area (Å²) in [5.41, 5.74) is 6.31. The second kappa shape index (κ2) is 11.1. The lowest BCUT2D eigenvalue weighted by Gasteiger charge is -2.36. The summed E-state index contributed by atoms with van der Waals surface area (Å²) in [4.78, 5) is 14.5. The standard InChI is InChI=1S/C23H20F7N5O.ClH/c24-14-3-1-12(2-4-14)7-19-21-32-33-22(23(28,29)30)35(21)6-5-34(19)20(36)10-15(31)8-13-9-17(26)18(27)11-16(13)25;/h1-4,9,11,15,19H,5-8,10,31H2;1H/t15-,19?;/m1./s1. The first-order chi connectivity index (χ1) is 16.9. The van der Waals surface area contributed by atoms with Crippen LogP contribution in [0.25, 0.3) is 0 Å². The molecule has 0 radical (unpaired) electrons. The Hall–Kier alpha value is -3.19. The molecular weight excluding hydrogens is 531 g/mol. The van der Waals surface area contributed by atoms with E-state index in [1.165, 1.54) is 29.2 Å². The molecule has 0 saturated heterocycles. The molecule has 4 rings (SSSR count). The van der Waals surface area contributed by atoms with Gasteiger partial charge in [0.1, 0.15) is 11.6 Å². The summed E-state index contributed by atoms with van der Waals surface area (Å²) in [6.07, 6.45) is -5.36. The van der Waals surface area contributed by atoms with Crippen LogP contribution in [0.1, 0.15) is 35.2 Å². The van der Waals surface area contributed by atoms with Crippen LogP contribution in [0.5, 0.6) is 0 Å². The van der Waals surface area contributed by atoms with E-state index in [2.05, 4.69) is 10.2 Å². The Kier molecular flexibility index (Phi) is 8.48. The maximum Gasteiger partial charge on any atom is 0.451 e. The van der Waals surface area contributed by atoms with Gasteiger partial charge in [0.05, 0.1) is 6.04 Å². The zero-order valence-electron chi connectivity index (χ0n) is 19.0. The van der Waals surface area contributed by atoms with Gasteiger partial charge < -0.3 is 15.2 Å². The van der Waals surface area contributed by atoms with E-state index in [9.17, 15) is 35.5 Å². The summed E-state index contributed by atoms with van der Waals surface area (Å²) in [5.74, 6) is -5.99. The lowest BCUT2D eigenvalue weighted by molar-refractivity contribution is -0.148. The van der Waals surface area contributed by atoms with Crippen molar-refractivity contribution in [3.8, 4) is 0 Å². The summed E-state index contributed by atoms with van der Waals surface area (Å²) in [6.45, 7) is -0.346. The molecule has 200 valence electrons. The lowest BCUT2D eigenvalue weighted by atomic mass is 9.99. The van der Waals surface area contributed by atoms with Crippen molar-refractivity contribution in [2.75, 3.05) is 6.54 Å². The fourth-order valence-electron chi connectivity index (χ4n) is 4.25. The van der Waals surface area contributed by atoms with Crippen LogP contribution in [0.2, 0.25) is 0 Å². The van der Waals surface area contributed by atoms with Gasteiger partial charge in [0.15, 0.2) is 17.5 Å². The highest BCUT2D eigenvalue weighted by atomic mass is 35.5. The van der Waals surface area contributed by atoms with Crippen molar-refractivity contribution in [3.05, 3.63) is 82.4 Å². The Bertz CT molecular complexity index is 1270. The topological polar surface area (TPSA) is 77.0 Å². The number of carbonyl (C=O) groups is 1. The second-order valence-electron chi connectivity index (χ2n) is 8.49. The van der Waals surface area contributed by atoms with Crippen LogP contribution in [-0.2, 0) is 30.4 Å². The van der Waals surface area contributed by atoms with Crippen LogP contribution in [0, 0.1) is 23.3 Å². The number of fused-ring (bicyclic) bond motifs is 1. The van der Waals surface area contributed by atoms with E-state index >= 15 is 0 Å². The van der Waals surface area contributed by atoms with Gasteiger partial charge in [-0.1, -0.05) is 12.1 Å². The average Bonchev–Trinajstić information content (AvgIpc) is 3.24. The number of rotatable bonds is 6. The third kappa shape index (κ3) is 6.21. The van der Waals surface area contributed by atoms with Crippen LogP contribution in [-0.4, -0.2) is 38.2 Å². The number of halogens is 8. The second-order valence-corrected chi connectivity index (χ2v) is 8.49. The van der Waals surface area contributed by atoms with E-state index in [1.807, 2.05) is 0 Å². The van der Waals surface area contributed by atoms with Crippen molar-refractivity contribution in [2.45, 2.75) is 44.1 Å². The molecule has 1 aliphatic heterocycles. The molecule has 2 aromatic carbocycles. The van der Waals surface area contributed by atoms with Crippen LogP contribution in [0.4, 0.5) is 30.7 Å². The Morgan fingerprint density at radius 3 is 2.30 bits per heavy atom. The van der Waals surface area contributed by atoms with Crippen LogP contribution < -0.4 is 5.73 Å². The minimum absolute atomic E-state index is 0. The third-order valence-corrected chi connectivity index (χ3v) is 5.94. The number of nitrogens with zero attached hydrogens (tertiary/aromatic N) is 4. The van der Waals surface area contributed by atoms with Crippen molar-refractivity contribution in [1.29, 1.82) is 0 Å². The van der Waals surface area contributed by atoms with Crippen LogP contribution in [0.3, 0.4) is 0 Å². The molecule has 0 saturated carbocycles. The van der Waals surface area contributed by atoms with E-state index in [-0.39, 0.29) is 56.1 Å². The van der Waals surface area contributed by atoms with Crippen molar-refractivity contribution in [1.82, 2.24) is 19.7 Å². The third-order valence-electron chi connectivity index (χ3n) is 5.94. The largest absolute Gasteiger partial charge is 0.451 e. The van der Waals surface area contributed by atoms with Crippen LogP contribution >= 0.6 is 12.4 Å². The number of amides is 1. The molecule has 1 aliphatic rings. The molecule has 1 unspecified atom stereocenters.